The highest BCUT2D eigenvalue weighted by atomic mass is 19.4. The predicted molar refractivity (Wildman–Crippen MR) is 111 cm³/mol. The van der Waals surface area contributed by atoms with Crippen LogP contribution in [-0.2, 0) is 10.9 Å². The number of pyridine rings is 1. The number of aromatic nitrogens is 1. The largest absolute Gasteiger partial charge is 0.486 e. The molecule has 10 heteroatoms. The molecule has 1 aliphatic heterocycles. The number of halogens is 3. The number of ether oxygens (including phenoxy) is 2. The molecule has 7 nitrogen and oxygen atoms in total. The Labute approximate surface area is 183 Å². The average Bonchev–Trinajstić information content (AvgIpc) is 2.63. The lowest BCUT2D eigenvalue weighted by Gasteiger charge is -2.39. The maximum Gasteiger partial charge on any atom is 0.417 e. The molecule has 1 aliphatic rings. The van der Waals surface area contributed by atoms with Crippen LogP contribution in [0.3, 0.4) is 0 Å². The van der Waals surface area contributed by atoms with Crippen molar-refractivity contribution in [3.8, 4) is 5.75 Å². The SMILES string of the molecule is Cc1ccc(C(=O)Nc2cncc(C(F)(F)F)c2)cc1OC1CN(C(=O)OC(C)(C)C)C1. The summed E-state index contributed by atoms with van der Waals surface area (Å²) in [7, 11) is 0. The number of alkyl halides is 3. The fourth-order valence-electron chi connectivity index (χ4n) is 2.90. The molecule has 1 aromatic heterocycles. The lowest BCUT2D eigenvalue weighted by Crippen LogP contribution is -2.57. The first kappa shape index (κ1) is 23.4. The molecule has 2 heterocycles. The van der Waals surface area contributed by atoms with Gasteiger partial charge in [0.25, 0.3) is 5.91 Å². The first-order valence-corrected chi connectivity index (χ1v) is 9.90. The van der Waals surface area contributed by atoms with Crippen molar-refractivity contribution in [2.75, 3.05) is 18.4 Å². The van der Waals surface area contributed by atoms with Gasteiger partial charge in [0.2, 0.25) is 0 Å². The van der Waals surface area contributed by atoms with Crippen LogP contribution in [0.15, 0.2) is 36.7 Å². The molecule has 3 rings (SSSR count). The highest BCUT2D eigenvalue weighted by Crippen LogP contribution is 2.30. The van der Waals surface area contributed by atoms with Gasteiger partial charge < -0.3 is 19.7 Å². The van der Waals surface area contributed by atoms with Gasteiger partial charge in [-0.25, -0.2) is 4.79 Å². The van der Waals surface area contributed by atoms with E-state index in [-0.39, 0.29) is 17.4 Å². The molecule has 0 radical (unpaired) electrons. The second-order valence-electron chi connectivity index (χ2n) is 8.52. The Hall–Kier alpha value is -3.30. The van der Waals surface area contributed by atoms with E-state index in [9.17, 15) is 22.8 Å². The summed E-state index contributed by atoms with van der Waals surface area (Å²) in [6.07, 6.45) is -3.41. The van der Waals surface area contributed by atoms with Crippen LogP contribution in [0.5, 0.6) is 5.75 Å². The van der Waals surface area contributed by atoms with Gasteiger partial charge in [0, 0.05) is 11.8 Å². The third-order valence-corrected chi connectivity index (χ3v) is 4.57. The minimum absolute atomic E-state index is 0.0696. The topological polar surface area (TPSA) is 80.8 Å². The normalized spacial score (nSPS) is 14.5. The first-order chi connectivity index (χ1) is 14.8. The van der Waals surface area contributed by atoms with E-state index < -0.39 is 29.3 Å². The number of nitrogens with one attached hydrogen (secondary N) is 1. The average molecular weight is 451 g/mol. The number of hydrogen-bond donors (Lipinski definition) is 1. The standard InChI is InChI=1S/C22H24F3N3O4/c1-13-5-6-14(19(29)27-16-8-15(9-26-10-16)22(23,24)25)7-18(13)31-17-11-28(12-17)20(30)32-21(2,3)4/h5-10,17H,11-12H2,1-4H3,(H,27,29). The molecule has 0 spiro atoms. The summed E-state index contributed by atoms with van der Waals surface area (Å²) >= 11 is 0. The molecule has 32 heavy (non-hydrogen) atoms. The van der Waals surface area contributed by atoms with Crippen LogP contribution in [0.25, 0.3) is 0 Å². The van der Waals surface area contributed by atoms with Gasteiger partial charge in [-0.05, 0) is 51.5 Å². The fourth-order valence-corrected chi connectivity index (χ4v) is 2.90. The van der Waals surface area contributed by atoms with Gasteiger partial charge in [0.05, 0.1) is 30.5 Å². The Morgan fingerprint density at radius 3 is 2.44 bits per heavy atom. The number of carbonyl (C=O) groups excluding carboxylic acids is 2. The minimum atomic E-state index is -4.56. The van der Waals surface area contributed by atoms with E-state index in [2.05, 4.69) is 10.3 Å². The van der Waals surface area contributed by atoms with Crippen LogP contribution in [0.4, 0.5) is 23.7 Å². The van der Waals surface area contributed by atoms with Crippen molar-refractivity contribution in [1.29, 1.82) is 0 Å². The van der Waals surface area contributed by atoms with Gasteiger partial charge in [-0.15, -0.1) is 0 Å². The molecule has 0 aliphatic carbocycles. The first-order valence-electron chi connectivity index (χ1n) is 9.90. The number of anilines is 1. The maximum absolute atomic E-state index is 12.8. The third kappa shape index (κ3) is 5.89. The maximum atomic E-state index is 12.8. The molecule has 1 fully saturated rings. The van der Waals surface area contributed by atoms with Gasteiger partial charge >= 0.3 is 12.3 Å². The predicted octanol–water partition coefficient (Wildman–Crippen LogP) is 4.66. The number of likely N-dealkylation sites (tertiary alicyclic amines) is 1. The molecule has 1 aromatic carbocycles. The minimum Gasteiger partial charge on any atom is -0.486 e. The number of nitrogens with zero attached hydrogens (tertiary/aromatic N) is 2. The molecule has 0 bridgehead atoms. The zero-order valence-corrected chi connectivity index (χ0v) is 18.1. The van der Waals surface area contributed by atoms with Gasteiger partial charge in [-0.1, -0.05) is 6.07 Å². The smallest absolute Gasteiger partial charge is 0.417 e. The van der Waals surface area contributed by atoms with E-state index in [1.807, 2.05) is 0 Å². The van der Waals surface area contributed by atoms with Crippen molar-refractivity contribution >= 4 is 17.7 Å². The summed E-state index contributed by atoms with van der Waals surface area (Å²) in [4.78, 5) is 29.6. The van der Waals surface area contributed by atoms with Crippen molar-refractivity contribution in [2.45, 2.75) is 45.6 Å². The van der Waals surface area contributed by atoms with Crippen molar-refractivity contribution in [1.82, 2.24) is 9.88 Å². The summed E-state index contributed by atoms with van der Waals surface area (Å²) in [6, 6.07) is 5.56. The van der Waals surface area contributed by atoms with Gasteiger partial charge in [0.15, 0.2) is 0 Å². The quantitative estimate of drug-likeness (QED) is 0.731. The van der Waals surface area contributed by atoms with Crippen molar-refractivity contribution < 1.29 is 32.2 Å². The molecular weight excluding hydrogens is 427 g/mol. The molecular formula is C22H24F3N3O4. The van der Waals surface area contributed by atoms with Crippen LogP contribution >= 0.6 is 0 Å². The summed E-state index contributed by atoms with van der Waals surface area (Å²) < 4.78 is 49.7. The summed E-state index contributed by atoms with van der Waals surface area (Å²) in [5, 5.41) is 2.42. The second-order valence-corrected chi connectivity index (χ2v) is 8.52. The number of carbonyl (C=O) groups is 2. The van der Waals surface area contributed by atoms with Crippen LogP contribution in [-0.4, -0.2) is 46.7 Å². The monoisotopic (exact) mass is 451 g/mol. The zero-order chi connectivity index (χ0) is 23.7. The number of aryl methyl sites for hydroxylation is 1. The number of rotatable bonds is 4. The Balaban J connectivity index is 1.63. The lowest BCUT2D eigenvalue weighted by atomic mass is 10.1. The molecule has 2 amide bonds. The number of amides is 2. The highest BCUT2D eigenvalue weighted by Gasteiger charge is 2.35. The van der Waals surface area contributed by atoms with E-state index in [1.54, 1.807) is 39.8 Å². The van der Waals surface area contributed by atoms with E-state index in [1.165, 1.54) is 11.0 Å². The Morgan fingerprint density at radius 2 is 1.81 bits per heavy atom. The van der Waals surface area contributed by atoms with E-state index in [4.69, 9.17) is 9.47 Å². The van der Waals surface area contributed by atoms with Crippen LogP contribution in [0.2, 0.25) is 0 Å². The summed E-state index contributed by atoms with van der Waals surface area (Å²) in [6.45, 7) is 7.86. The number of hydrogen-bond acceptors (Lipinski definition) is 5. The second kappa shape index (κ2) is 8.68. The molecule has 172 valence electrons. The summed E-state index contributed by atoms with van der Waals surface area (Å²) in [5.74, 6) is -0.145. The van der Waals surface area contributed by atoms with Crippen LogP contribution < -0.4 is 10.1 Å². The Kier molecular flexibility index (Phi) is 6.34. The molecule has 1 N–H and O–H groups in total. The van der Waals surface area contributed by atoms with E-state index >= 15 is 0 Å². The molecule has 0 atom stereocenters. The summed E-state index contributed by atoms with van der Waals surface area (Å²) in [5.41, 5.74) is -0.622. The van der Waals surface area contributed by atoms with E-state index in [0.717, 1.165) is 17.8 Å². The fraction of sp³-hybridized carbons (Fsp3) is 0.409. The van der Waals surface area contributed by atoms with E-state index in [0.29, 0.717) is 25.0 Å². The third-order valence-electron chi connectivity index (χ3n) is 4.57. The van der Waals surface area contributed by atoms with Gasteiger partial charge in [-0.2, -0.15) is 13.2 Å². The zero-order valence-electron chi connectivity index (χ0n) is 18.1. The molecule has 0 saturated carbocycles. The van der Waals surface area contributed by atoms with Crippen molar-refractivity contribution in [3.05, 3.63) is 53.3 Å². The molecule has 2 aromatic rings. The lowest BCUT2D eigenvalue weighted by molar-refractivity contribution is -0.137. The van der Waals surface area contributed by atoms with Crippen molar-refractivity contribution in [2.24, 2.45) is 0 Å². The van der Waals surface area contributed by atoms with Gasteiger partial charge in [-0.3, -0.25) is 9.78 Å². The molecule has 0 unspecified atom stereocenters. The Bertz CT molecular complexity index is 1010. The number of benzene rings is 1. The highest BCUT2D eigenvalue weighted by molar-refractivity contribution is 6.04. The van der Waals surface area contributed by atoms with Crippen molar-refractivity contribution in [3.63, 3.8) is 0 Å². The molecule has 1 saturated heterocycles. The van der Waals surface area contributed by atoms with Gasteiger partial charge in [0.1, 0.15) is 17.5 Å². The Morgan fingerprint density at radius 1 is 1.12 bits per heavy atom. The van der Waals surface area contributed by atoms with Crippen LogP contribution in [0.1, 0.15) is 42.3 Å². The van der Waals surface area contributed by atoms with Crippen LogP contribution in [0, 0.1) is 6.92 Å².